The second-order valence-corrected chi connectivity index (χ2v) is 6.02. The highest BCUT2D eigenvalue weighted by atomic mass is 35.5. The fourth-order valence-electron chi connectivity index (χ4n) is 1.96. The summed E-state index contributed by atoms with van der Waals surface area (Å²) in [5.41, 5.74) is -0.0690. The Balaban J connectivity index is 2.14. The number of thiazole rings is 1. The summed E-state index contributed by atoms with van der Waals surface area (Å²) in [5, 5.41) is 12.6. The molecule has 1 aliphatic rings. The van der Waals surface area contributed by atoms with Gasteiger partial charge < -0.3 is 20.8 Å². The van der Waals surface area contributed by atoms with Crippen molar-refractivity contribution < 1.29 is 24.0 Å². The fraction of sp³-hybridized carbons (Fsp3) is 0.385. The summed E-state index contributed by atoms with van der Waals surface area (Å²) in [6.07, 6.45) is 0. The molecule has 134 valence electrons. The van der Waals surface area contributed by atoms with Gasteiger partial charge in [0.05, 0.1) is 0 Å². The highest BCUT2D eigenvalue weighted by Gasteiger charge is 2.43. The lowest BCUT2D eigenvalue weighted by Crippen LogP contribution is -2.72. The number of amides is 3. The van der Waals surface area contributed by atoms with Crippen LogP contribution in [0, 0.1) is 0 Å². The van der Waals surface area contributed by atoms with Crippen molar-refractivity contribution >= 4 is 57.3 Å². The number of alkyl halides is 1. The van der Waals surface area contributed by atoms with Crippen LogP contribution in [0.2, 0.25) is 0 Å². The molecule has 0 saturated carbocycles. The number of ketones is 1. The molecule has 3 amide bonds. The quantitative estimate of drug-likeness (QED) is 0.243. The van der Waals surface area contributed by atoms with E-state index in [4.69, 9.17) is 11.6 Å². The molecule has 1 fully saturated rings. The van der Waals surface area contributed by atoms with E-state index in [1.807, 2.05) is 0 Å². The number of β-lactam (4-membered cyclic amide) rings is 1. The first-order chi connectivity index (χ1) is 11.9. The average Bonchev–Trinajstić information content (AvgIpc) is 3.02. The molecule has 0 bridgehead atoms. The summed E-state index contributed by atoms with van der Waals surface area (Å²) in [6.45, 7) is 1.31. The van der Waals surface area contributed by atoms with Crippen LogP contribution in [0.3, 0.4) is 0 Å². The number of nitrogens with one attached hydrogen (secondary N) is 3. The lowest BCUT2D eigenvalue weighted by Gasteiger charge is -2.35. The van der Waals surface area contributed by atoms with Gasteiger partial charge in [-0.1, -0.05) is 5.16 Å². The van der Waals surface area contributed by atoms with Crippen molar-refractivity contribution in [3.05, 3.63) is 11.1 Å². The minimum Gasteiger partial charge on any atom is -0.398 e. The summed E-state index contributed by atoms with van der Waals surface area (Å²) in [4.78, 5) is 55.2. The predicted molar refractivity (Wildman–Crippen MR) is 89.6 cm³/mol. The van der Waals surface area contributed by atoms with Gasteiger partial charge in [-0.25, -0.2) is 4.98 Å². The first kappa shape index (κ1) is 18.8. The van der Waals surface area contributed by atoms with Crippen molar-refractivity contribution in [2.24, 2.45) is 5.16 Å². The van der Waals surface area contributed by atoms with Crippen LogP contribution >= 0.6 is 22.9 Å². The van der Waals surface area contributed by atoms with Gasteiger partial charge in [0.25, 0.3) is 5.91 Å². The molecule has 0 aliphatic carbocycles. The smallest absolute Gasteiger partial charge is 0.276 e. The number of hydrogen-bond acceptors (Lipinski definition) is 8. The molecule has 0 spiro atoms. The first-order valence-corrected chi connectivity index (χ1v) is 8.33. The SMILES string of the molecule is CO/N=C(\C(=O)N[C@H]1C(=O)N[C@H]1C(C)=O)c1csc(NC(=O)CCl)n1. The fourth-order valence-corrected chi connectivity index (χ4v) is 2.74. The van der Waals surface area contributed by atoms with E-state index in [9.17, 15) is 19.2 Å². The Labute approximate surface area is 150 Å². The van der Waals surface area contributed by atoms with Crippen LogP contribution in [0.25, 0.3) is 0 Å². The third-order valence-corrected chi connectivity index (χ3v) is 4.15. The third-order valence-electron chi connectivity index (χ3n) is 3.15. The zero-order valence-electron chi connectivity index (χ0n) is 13.2. The highest BCUT2D eigenvalue weighted by Crippen LogP contribution is 2.17. The molecular weight excluding hydrogens is 374 g/mol. The molecular formula is C13H14ClN5O5S. The Hall–Kier alpha value is -2.53. The van der Waals surface area contributed by atoms with E-state index < -0.39 is 29.8 Å². The minimum absolute atomic E-state index is 0.133. The molecule has 3 N–H and O–H groups in total. The molecule has 0 radical (unpaired) electrons. The number of hydrogen-bond donors (Lipinski definition) is 3. The summed E-state index contributed by atoms with van der Waals surface area (Å²) >= 11 is 6.45. The molecule has 2 atom stereocenters. The maximum Gasteiger partial charge on any atom is 0.276 e. The van der Waals surface area contributed by atoms with Gasteiger partial charge in [0.15, 0.2) is 16.6 Å². The number of carbonyl (C=O) groups excluding carboxylic acids is 4. The molecule has 1 aliphatic heterocycles. The molecule has 1 aromatic rings. The van der Waals surface area contributed by atoms with Crippen molar-refractivity contribution in [2.45, 2.75) is 19.0 Å². The predicted octanol–water partition coefficient (Wildman–Crippen LogP) is -0.757. The van der Waals surface area contributed by atoms with E-state index >= 15 is 0 Å². The van der Waals surface area contributed by atoms with E-state index in [1.165, 1.54) is 19.4 Å². The van der Waals surface area contributed by atoms with Crippen LogP contribution in [0.15, 0.2) is 10.5 Å². The molecule has 1 aromatic heterocycles. The van der Waals surface area contributed by atoms with Crippen molar-refractivity contribution in [3.63, 3.8) is 0 Å². The Kier molecular flexibility index (Phi) is 6.04. The topological polar surface area (TPSA) is 139 Å². The number of oxime groups is 1. The summed E-state index contributed by atoms with van der Waals surface area (Å²) < 4.78 is 0. The summed E-state index contributed by atoms with van der Waals surface area (Å²) in [7, 11) is 1.24. The lowest BCUT2D eigenvalue weighted by atomic mass is 9.95. The maximum atomic E-state index is 12.4. The van der Waals surface area contributed by atoms with Gasteiger partial charge in [-0.05, 0) is 6.92 Å². The minimum atomic E-state index is -0.985. The third kappa shape index (κ3) is 4.31. The number of anilines is 1. The normalized spacial score (nSPS) is 19.5. The number of rotatable bonds is 7. The summed E-state index contributed by atoms with van der Waals surface area (Å²) in [5.74, 6) is -2.19. The number of nitrogens with zero attached hydrogens (tertiary/aromatic N) is 2. The van der Waals surface area contributed by atoms with Gasteiger partial charge in [0.1, 0.15) is 30.8 Å². The second-order valence-electron chi connectivity index (χ2n) is 4.89. The largest absolute Gasteiger partial charge is 0.398 e. The van der Waals surface area contributed by atoms with Gasteiger partial charge in [-0.2, -0.15) is 0 Å². The second kappa shape index (κ2) is 8.03. The Morgan fingerprint density at radius 3 is 2.76 bits per heavy atom. The standard InChI is InChI=1S/C13H14ClN5O5S/c1-5(20)8-10(12(23)17-8)18-11(22)9(19-24-2)6-4-25-13(15-6)16-7(21)3-14/h4,8,10H,3H2,1-2H3,(H,17,23)(H,18,22)(H,15,16,21)/b19-9-/t8-,10+/m0/s1. The number of Topliss-reactive ketones (excluding diaryl/α,β-unsaturated/α-hetero) is 1. The number of carbonyl (C=O) groups is 4. The van der Waals surface area contributed by atoms with E-state index in [0.29, 0.717) is 0 Å². The van der Waals surface area contributed by atoms with Gasteiger partial charge in [0, 0.05) is 5.38 Å². The number of aromatic nitrogens is 1. The molecule has 2 heterocycles. The van der Waals surface area contributed by atoms with E-state index in [1.54, 1.807) is 0 Å². The van der Waals surface area contributed by atoms with E-state index in [2.05, 4.69) is 30.9 Å². The molecule has 25 heavy (non-hydrogen) atoms. The molecule has 12 heteroatoms. The van der Waals surface area contributed by atoms with Gasteiger partial charge in [-0.15, -0.1) is 22.9 Å². The monoisotopic (exact) mass is 387 g/mol. The lowest BCUT2D eigenvalue weighted by molar-refractivity contribution is -0.140. The molecule has 10 nitrogen and oxygen atoms in total. The zero-order valence-corrected chi connectivity index (χ0v) is 14.7. The Morgan fingerprint density at radius 1 is 1.48 bits per heavy atom. The van der Waals surface area contributed by atoms with E-state index in [0.717, 1.165) is 11.3 Å². The first-order valence-electron chi connectivity index (χ1n) is 6.92. The molecule has 1 saturated heterocycles. The van der Waals surface area contributed by atoms with Gasteiger partial charge in [0.2, 0.25) is 11.8 Å². The van der Waals surface area contributed by atoms with Crippen molar-refractivity contribution in [3.8, 4) is 0 Å². The van der Waals surface area contributed by atoms with Crippen LogP contribution < -0.4 is 16.0 Å². The van der Waals surface area contributed by atoms with Crippen molar-refractivity contribution in [1.82, 2.24) is 15.6 Å². The highest BCUT2D eigenvalue weighted by molar-refractivity contribution is 7.14. The van der Waals surface area contributed by atoms with Crippen LogP contribution in [-0.2, 0) is 24.0 Å². The van der Waals surface area contributed by atoms with E-state index in [-0.39, 0.29) is 28.2 Å². The molecule has 0 unspecified atom stereocenters. The van der Waals surface area contributed by atoms with Crippen LogP contribution in [0.5, 0.6) is 0 Å². The van der Waals surface area contributed by atoms with Gasteiger partial charge in [-0.3, -0.25) is 19.2 Å². The average molecular weight is 388 g/mol. The maximum absolute atomic E-state index is 12.4. The number of halogens is 1. The van der Waals surface area contributed by atoms with Gasteiger partial charge >= 0.3 is 0 Å². The van der Waals surface area contributed by atoms with Crippen LogP contribution in [0.1, 0.15) is 12.6 Å². The van der Waals surface area contributed by atoms with Crippen LogP contribution in [0.4, 0.5) is 5.13 Å². The van der Waals surface area contributed by atoms with Crippen LogP contribution in [-0.4, -0.2) is 59.3 Å². The van der Waals surface area contributed by atoms with Crippen molar-refractivity contribution in [1.29, 1.82) is 0 Å². The zero-order chi connectivity index (χ0) is 18.6. The Morgan fingerprint density at radius 2 is 2.20 bits per heavy atom. The summed E-state index contributed by atoms with van der Waals surface area (Å²) in [6, 6.07) is -1.77. The van der Waals surface area contributed by atoms with Crippen molar-refractivity contribution in [2.75, 3.05) is 18.3 Å². The Bertz CT molecular complexity index is 749. The molecule has 2 rings (SSSR count). The molecule has 0 aromatic carbocycles.